The summed E-state index contributed by atoms with van der Waals surface area (Å²) in [5.41, 5.74) is 0.917. The van der Waals surface area contributed by atoms with E-state index in [0.717, 1.165) is 6.42 Å². The molecule has 19 heavy (non-hydrogen) atoms. The van der Waals surface area contributed by atoms with Crippen molar-refractivity contribution in [3.63, 3.8) is 0 Å². The minimum absolute atomic E-state index is 0.137. The summed E-state index contributed by atoms with van der Waals surface area (Å²) in [6, 6.07) is 1.26. The third kappa shape index (κ3) is 2.18. The van der Waals surface area contributed by atoms with Crippen molar-refractivity contribution in [1.82, 2.24) is 4.90 Å². The first-order valence-corrected chi connectivity index (χ1v) is 7.58. The van der Waals surface area contributed by atoms with Crippen molar-refractivity contribution >= 4 is 7.12 Å². The van der Waals surface area contributed by atoms with E-state index in [9.17, 15) is 0 Å². The van der Waals surface area contributed by atoms with Crippen molar-refractivity contribution < 1.29 is 9.31 Å². The summed E-state index contributed by atoms with van der Waals surface area (Å²) in [7, 11) is 2.12. The molecule has 0 N–H and O–H groups in total. The lowest BCUT2D eigenvalue weighted by molar-refractivity contribution is 0.00578. The Balaban J connectivity index is 1.81. The molecule has 3 rings (SSSR count). The van der Waals surface area contributed by atoms with Gasteiger partial charge in [-0.25, -0.2) is 0 Å². The summed E-state index contributed by atoms with van der Waals surface area (Å²) in [5.74, 6) is 0. The number of hydrogen-bond donors (Lipinski definition) is 0. The van der Waals surface area contributed by atoms with Gasteiger partial charge in [0.15, 0.2) is 0 Å². The Morgan fingerprint density at radius 1 is 1.16 bits per heavy atom. The highest BCUT2D eigenvalue weighted by atomic mass is 16.7. The van der Waals surface area contributed by atoms with Crippen molar-refractivity contribution in [2.45, 2.75) is 76.7 Å². The van der Waals surface area contributed by atoms with Gasteiger partial charge in [0.25, 0.3) is 0 Å². The van der Waals surface area contributed by atoms with Gasteiger partial charge in [-0.15, -0.1) is 0 Å². The molecule has 0 radical (unpaired) electrons. The topological polar surface area (TPSA) is 21.7 Å². The van der Waals surface area contributed by atoms with Crippen molar-refractivity contribution in [3.05, 3.63) is 11.5 Å². The van der Waals surface area contributed by atoms with Crippen LogP contribution in [0.25, 0.3) is 0 Å². The maximum atomic E-state index is 6.19. The zero-order valence-corrected chi connectivity index (χ0v) is 12.9. The Bertz CT molecular complexity index is 389. The zero-order valence-electron chi connectivity index (χ0n) is 12.9. The molecule has 0 aromatic rings. The van der Waals surface area contributed by atoms with E-state index in [2.05, 4.69) is 45.7 Å². The SMILES string of the molecule is CN1C2C=C(B3OC(C)(C)C(C)(C)O3)CC1CCC2. The molecule has 2 fully saturated rings. The molecule has 2 atom stereocenters. The van der Waals surface area contributed by atoms with Gasteiger partial charge in [-0.05, 0) is 59.5 Å². The van der Waals surface area contributed by atoms with Crippen LogP contribution in [0.4, 0.5) is 0 Å². The lowest BCUT2D eigenvalue weighted by Gasteiger charge is -2.43. The molecule has 3 nitrogen and oxygen atoms in total. The van der Waals surface area contributed by atoms with E-state index in [-0.39, 0.29) is 18.3 Å². The summed E-state index contributed by atoms with van der Waals surface area (Å²) in [6.07, 6.45) is 7.44. The van der Waals surface area contributed by atoms with Gasteiger partial charge in [0.05, 0.1) is 11.2 Å². The molecule has 106 valence electrons. The van der Waals surface area contributed by atoms with Gasteiger partial charge in [0.1, 0.15) is 0 Å². The van der Waals surface area contributed by atoms with Crippen molar-refractivity contribution in [2.24, 2.45) is 0 Å². The summed E-state index contributed by atoms with van der Waals surface area (Å²) < 4.78 is 12.4. The fourth-order valence-corrected chi connectivity index (χ4v) is 3.44. The Morgan fingerprint density at radius 2 is 1.79 bits per heavy atom. The second-order valence-corrected chi connectivity index (χ2v) is 7.35. The lowest BCUT2D eigenvalue weighted by Crippen LogP contribution is -2.47. The molecule has 0 saturated carbocycles. The molecular weight excluding hydrogens is 237 g/mol. The largest absolute Gasteiger partial charge is 0.490 e. The summed E-state index contributed by atoms with van der Waals surface area (Å²) >= 11 is 0. The summed E-state index contributed by atoms with van der Waals surface area (Å²) in [6.45, 7) is 8.51. The minimum atomic E-state index is -0.225. The van der Waals surface area contributed by atoms with Crippen LogP contribution in [-0.2, 0) is 9.31 Å². The number of likely N-dealkylation sites (N-methyl/N-ethyl adjacent to an activating group) is 1. The lowest BCUT2D eigenvalue weighted by atomic mass is 9.69. The third-order valence-electron chi connectivity index (χ3n) is 5.57. The smallest absolute Gasteiger partial charge is 0.400 e. The van der Waals surface area contributed by atoms with Gasteiger partial charge in [-0.1, -0.05) is 12.5 Å². The molecule has 4 heteroatoms. The molecule has 2 saturated heterocycles. The first-order chi connectivity index (χ1) is 8.80. The van der Waals surface area contributed by atoms with E-state index < -0.39 is 0 Å². The predicted octanol–water partition coefficient (Wildman–Crippen LogP) is 2.80. The quantitative estimate of drug-likeness (QED) is 0.679. The average molecular weight is 263 g/mol. The maximum absolute atomic E-state index is 6.19. The van der Waals surface area contributed by atoms with Crippen LogP contribution in [0.2, 0.25) is 0 Å². The molecule has 0 spiro atoms. The van der Waals surface area contributed by atoms with Crippen LogP contribution in [0, 0.1) is 0 Å². The number of rotatable bonds is 1. The van der Waals surface area contributed by atoms with Crippen molar-refractivity contribution in [2.75, 3.05) is 7.05 Å². The van der Waals surface area contributed by atoms with Gasteiger partial charge >= 0.3 is 7.12 Å². The third-order valence-corrected chi connectivity index (χ3v) is 5.57. The van der Waals surface area contributed by atoms with Crippen LogP contribution in [0.3, 0.4) is 0 Å². The van der Waals surface area contributed by atoms with E-state index in [0.29, 0.717) is 12.1 Å². The van der Waals surface area contributed by atoms with E-state index in [4.69, 9.17) is 9.31 Å². The molecule has 0 amide bonds. The highest BCUT2D eigenvalue weighted by Gasteiger charge is 2.53. The second kappa shape index (κ2) is 4.34. The number of hydrogen-bond acceptors (Lipinski definition) is 3. The second-order valence-electron chi connectivity index (χ2n) is 7.35. The van der Waals surface area contributed by atoms with Crippen LogP contribution in [0.15, 0.2) is 11.5 Å². The highest BCUT2D eigenvalue weighted by molar-refractivity contribution is 6.54. The molecule has 2 unspecified atom stereocenters. The average Bonchev–Trinajstić information content (AvgIpc) is 2.47. The molecule has 0 aromatic heterocycles. The van der Waals surface area contributed by atoms with E-state index in [1.807, 2.05) is 0 Å². The van der Waals surface area contributed by atoms with E-state index in [1.165, 1.54) is 24.7 Å². The molecule has 3 aliphatic rings. The van der Waals surface area contributed by atoms with Gasteiger partial charge in [-0.3, -0.25) is 4.90 Å². The fraction of sp³-hybridized carbons (Fsp3) is 0.867. The highest BCUT2D eigenvalue weighted by Crippen LogP contribution is 2.41. The number of piperidine rings is 1. The van der Waals surface area contributed by atoms with Crippen molar-refractivity contribution in [3.8, 4) is 0 Å². The Hall–Kier alpha value is -0.315. The first kappa shape index (κ1) is 13.7. The van der Waals surface area contributed by atoms with Crippen LogP contribution < -0.4 is 0 Å². The van der Waals surface area contributed by atoms with Gasteiger partial charge in [0.2, 0.25) is 0 Å². The molecule has 0 aliphatic carbocycles. The fourth-order valence-electron chi connectivity index (χ4n) is 3.44. The van der Waals surface area contributed by atoms with E-state index in [1.54, 1.807) is 0 Å². The number of fused-ring (bicyclic) bond motifs is 2. The zero-order chi connectivity index (χ0) is 13.8. The van der Waals surface area contributed by atoms with Crippen LogP contribution in [0.5, 0.6) is 0 Å². The normalized spacial score (nSPS) is 37.3. The molecule has 3 aliphatic heterocycles. The van der Waals surface area contributed by atoms with Crippen molar-refractivity contribution in [1.29, 1.82) is 0 Å². The van der Waals surface area contributed by atoms with Crippen LogP contribution in [0.1, 0.15) is 53.4 Å². The van der Waals surface area contributed by atoms with Crippen LogP contribution in [-0.4, -0.2) is 42.4 Å². The van der Waals surface area contributed by atoms with E-state index >= 15 is 0 Å². The molecule has 0 aromatic carbocycles. The predicted molar refractivity (Wildman–Crippen MR) is 78.0 cm³/mol. The summed E-state index contributed by atoms with van der Waals surface area (Å²) in [5, 5.41) is 0. The van der Waals surface area contributed by atoms with Gasteiger partial charge in [0, 0.05) is 12.1 Å². The molecular formula is C15H26BNO2. The maximum Gasteiger partial charge on any atom is 0.490 e. The Kier molecular flexibility index (Phi) is 3.12. The standard InChI is InChI=1S/C15H26BNO2/c1-14(2)15(3,4)19-16(18-14)11-9-12-7-6-8-13(10-11)17(12)5/h9,12-13H,6-8,10H2,1-5H3. The first-order valence-electron chi connectivity index (χ1n) is 7.58. The molecule has 3 heterocycles. The van der Waals surface area contributed by atoms with Crippen LogP contribution >= 0.6 is 0 Å². The number of nitrogens with zero attached hydrogens (tertiary/aromatic N) is 1. The van der Waals surface area contributed by atoms with Gasteiger partial charge in [-0.2, -0.15) is 0 Å². The Labute approximate surface area is 117 Å². The minimum Gasteiger partial charge on any atom is -0.400 e. The Morgan fingerprint density at radius 3 is 2.37 bits per heavy atom. The summed E-state index contributed by atoms with van der Waals surface area (Å²) in [4.78, 5) is 2.53. The molecule has 2 bridgehead atoms. The van der Waals surface area contributed by atoms with Gasteiger partial charge < -0.3 is 9.31 Å². The monoisotopic (exact) mass is 263 g/mol.